The fraction of sp³-hybridized carbons (Fsp3) is 0.120. The van der Waals surface area contributed by atoms with Gasteiger partial charge in [0.05, 0.1) is 12.8 Å². The van der Waals surface area contributed by atoms with Gasteiger partial charge in [-0.3, -0.25) is 14.5 Å². The van der Waals surface area contributed by atoms with Crippen LogP contribution < -0.4 is 4.74 Å². The molecule has 1 aromatic heterocycles. The number of likely N-dealkylation sites (N-methyl/N-ethyl adjacent to an activating group) is 1. The van der Waals surface area contributed by atoms with Crippen molar-refractivity contribution >= 4 is 17.9 Å². The van der Waals surface area contributed by atoms with Crippen molar-refractivity contribution in [2.75, 3.05) is 14.2 Å². The van der Waals surface area contributed by atoms with E-state index in [0.29, 0.717) is 16.8 Å². The number of carbonyl (C=O) groups excluding carboxylic acids is 2. The number of imide groups is 1. The number of amides is 2. The second-order valence-electron chi connectivity index (χ2n) is 7.40. The molecule has 1 aliphatic heterocycles. The monoisotopic (exact) mass is 442 g/mol. The summed E-state index contributed by atoms with van der Waals surface area (Å²) in [6.45, 7) is 1.56. The average molecular weight is 442 g/mol. The van der Waals surface area contributed by atoms with Gasteiger partial charge in [-0.25, -0.2) is 9.07 Å². The van der Waals surface area contributed by atoms with Crippen LogP contribution in [0.3, 0.4) is 0 Å². The number of rotatable bonds is 4. The van der Waals surface area contributed by atoms with Crippen LogP contribution in [-0.4, -0.2) is 40.7 Å². The zero-order chi connectivity index (χ0) is 23.7. The number of methoxy groups -OCH3 is 1. The molecule has 2 heterocycles. The molecule has 0 N–H and O–H groups in total. The van der Waals surface area contributed by atoms with Crippen LogP contribution in [0, 0.1) is 17.1 Å². The van der Waals surface area contributed by atoms with Crippen molar-refractivity contribution in [1.29, 1.82) is 5.26 Å². The summed E-state index contributed by atoms with van der Waals surface area (Å²) in [6, 6.07) is 15.7. The molecule has 0 atom stereocenters. The Balaban J connectivity index is 1.94. The summed E-state index contributed by atoms with van der Waals surface area (Å²) in [7, 11) is 2.71. The fourth-order valence-electron chi connectivity index (χ4n) is 3.60. The highest BCUT2D eigenvalue weighted by molar-refractivity contribution is 6.19. The van der Waals surface area contributed by atoms with E-state index >= 15 is 0 Å². The Labute approximate surface area is 189 Å². The van der Waals surface area contributed by atoms with Crippen LogP contribution in [0.1, 0.15) is 12.5 Å². The Kier molecular flexibility index (Phi) is 5.63. The molecule has 1 aliphatic rings. The van der Waals surface area contributed by atoms with E-state index in [1.54, 1.807) is 29.9 Å². The highest BCUT2D eigenvalue weighted by atomic mass is 19.1. The predicted molar refractivity (Wildman–Crippen MR) is 120 cm³/mol. The molecule has 2 amide bonds. The second-order valence-corrected chi connectivity index (χ2v) is 7.40. The van der Waals surface area contributed by atoms with E-state index in [4.69, 9.17) is 4.74 Å². The molecular weight excluding hydrogens is 423 g/mol. The molecule has 0 saturated heterocycles. The number of nitriles is 1. The molecule has 33 heavy (non-hydrogen) atoms. The zero-order valence-corrected chi connectivity index (χ0v) is 18.2. The largest absolute Gasteiger partial charge is 0.494 e. The van der Waals surface area contributed by atoms with Crippen molar-refractivity contribution in [3.63, 3.8) is 0 Å². The smallest absolute Gasteiger partial charge is 0.271 e. The van der Waals surface area contributed by atoms with Gasteiger partial charge in [0.2, 0.25) is 0 Å². The van der Waals surface area contributed by atoms with E-state index in [1.165, 1.54) is 26.3 Å². The molecule has 0 spiro atoms. The van der Waals surface area contributed by atoms with Gasteiger partial charge in [-0.15, -0.1) is 0 Å². The van der Waals surface area contributed by atoms with Gasteiger partial charge in [-0.2, -0.15) is 10.4 Å². The number of hydrogen-bond acceptors (Lipinski definition) is 5. The molecule has 0 fully saturated rings. The number of hydrogen-bond donors (Lipinski definition) is 0. The quantitative estimate of drug-likeness (QED) is 0.452. The molecule has 0 saturated carbocycles. The highest BCUT2D eigenvalue weighted by Gasteiger charge is 2.33. The molecule has 4 rings (SSSR count). The lowest BCUT2D eigenvalue weighted by Crippen LogP contribution is -2.39. The van der Waals surface area contributed by atoms with Crippen LogP contribution in [0.4, 0.5) is 4.39 Å². The van der Waals surface area contributed by atoms with Gasteiger partial charge < -0.3 is 4.74 Å². The molecule has 0 unspecified atom stereocenters. The van der Waals surface area contributed by atoms with Crippen LogP contribution in [-0.2, 0) is 9.59 Å². The zero-order valence-electron chi connectivity index (χ0n) is 18.2. The standard InChI is InChI=1S/C25H19FN4O3/c1-15-19(24(31)29(2)25(32)20(15)13-27)11-17-14-30(18-7-5-4-6-8-18)28-23(17)16-9-10-22(33-3)21(26)12-16/h4-12,14H,1-3H3/b19-11+. The minimum atomic E-state index is -0.644. The molecular formula is C25H19FN4O3. The third kappa shape index (κ3) is 3.81. The molecule has 7 nitrogen and oxygen atoms in total. The number of nitrogens with zero attached hydrogens (tertiary/aromatic N) is 4. The van der Waals surface area contributed by atoms with Crippen LogP contribution in [0.15, 0.2) is 71.4 Å². The summed E-state index contributed by atoms with van der Waals surface area (Å²) in [4.78, 5) is 26.1. The lowest BCUT2D eigenvalue weighted by atomic mass is 9.93. The van der Waals surface area contributed by atoms with Gasteiger partial charge in [-0.1, -0.05) is 18.2 Å². The molecule has 0 radical (unpaired) electrons. The van der Waals surface area contributed by atoms with Crippen molar-refractivity contribution in [2.45, 2.75) is 6.92 Å². The van der Waals surface area contributed by atoms with Gasteiger partial charge >= 0.3 is 0 Å². The minimum Gasteiger partial charge on any atom is -0.494 e. The maximum absolute atomic E-state index is 14.5. The average Bonchev–Trinajstić information content (AvgIpc) is 3.25. The van der Waals surface area contributed by atoms with Crippen LogP contribution in [0.2, 0.25) is 0 Å². The van der Waals surface area contributed by atoms with Crippen molar-refractivity contribution < 1.29 is 18.7 Å². The number of halogens is 1. The SMILES string of the molecule is COc1ccc(-c2nn(-c3ccccc3)cc2/C=C2/C(=O)N(C)C(=O)C(C#N)=C2C)cc1F. The first-order chi connectivity index (χ1) is 15.8. The normalized spacial score (nSPS) is 15.2. The Hall–Kier alpha value is -4.51. The summed E-state index contributed by atoms with van der Waals surface area (Å²) < 4.78 is 21.1. The first kappa shape index (κ1) is 21.7. The molecule has 0 aliphatic carbocycles. The topological polar surface area (TPSA) is 88.2 Å². The van der Waals surface area contributed by atoms with E-state index in [2.05, 4.69) is 5.10 Å². The second kappa shape index (κ2) is 8.55. The number of carbonyl (C=O) groups is 2. The first-order valence-electron chi connectivity index (χ1n) is 10.00. The Morgan fingerprint density at radius 1 is 1.12 bits per heavy atom. The number of aromatic nitrogens is 2. The van der Waals surface area contributed by atoms with E-state index in [9.17, 15) is 19.2 Å². The van der Waals surface area contributed by atoms with Gasteiger partial charge in [0, 0.05) is 29.9 Å². The van der Waals surface area contributed by atoms with Crippen molar-refractivity contribution in [3.8, 4) is 28.8 Å². The molecule has 8 heteroatoms. The molecule has 0 bridgehead atoms. The first-order valence-corrected chi connectivity index (χ1v) is 10.00. The molecule has 2 aromatic carbocycles. The summed E-state index contributed by atoms with van der Waals surface area (Å²) in [5.74, 6) is -1.63. The summed E-state index contributed by atoms with van der Waals surface area (Å²) in [5.41, 5.74) is 2.56. The van der Waals surface area contributed by atoms with Gasteiger partial charge in [0.15, 0.2) is 11.6 Å². The maximum atomic E-state index is 14.5. The fourth-order valence-corrected chi connectivity index (χ4v) is 3.60. The maximum Gasteiger partial charge on any atom is 0.271 e. The number of ether oxygens (including phenoxy) is 1. The van der Waals surface area contributed by atoms with E-state index in [-0.39, 0.29) is 22.5 Å². The third-order valence-electron chi connectivity index (χ3n) is 5.43. The van der Waals surface area contributed by atoms with E-state index in [0.717, 1.165) is 10.6 Å². The van der Waals surface area contributed by atoms with E-state index < -0.39 is 17.6 Å². The Morgan fingerprint density at radius 3 is 2.48 bits per heavy atom. The predicted octanol–water partition coefficient (Wildman–Crippen LogP) is 3.91. The van der Waals surface area contributed by atoms with E-state index in [1.807, 2.05) is 36.4 Å². The number of benzene rings is 2. The summed E-state index contributed by atoms with van der Waals surface area (Å²) in [5, 5.41) is 14.0. The van der Waals surface area contributed by atoms with Crippen molar-refractivity contribution in [1.82, 2.24) is 14.7 Å². The van der Waals surface area contributed by atoms with Crippen LogP contribution in [0.25, 0.3) is 23.0 Å². The Morgan fingerprint density at radius 2 is 1.85 bits per heavy atom. The van der Waals surface area contributed by atoms with Gasteiger partial charge in [0.1, 0.15) is 17.3 Å². The van der Waals surface area contributed by atoms with Gasteiger partial charge in [-0.05, 0) is 48.9 Å². The lowest BCUT2D eigenvalue weighted by Gasteiger charge is -2.23. The molecule has 164 valence electrons. The van der Waals surface area contributed by atoms with Crippen LogP contribution in [0.5, 0.6) is 5.75 Å². The lowest BCUT2D eigenvalue weighted by molar-refractivity contribution is -0.138. The minimum absolute atomic E-state index is 0.0983. The Bertz CT molecular complexity index is 1380. The van der Waals surface area contributed by atoms with Crippen molar-refractivity contribution in [2.24, 2.45) is 0 Å². The number of para-hydroxylation sites is 1. The summed E-state index contributed by atoms with van der Waals surface area (Å²) >= 11 is 0. The van der Waals surface area contributed by atoms with Gasteiger partial charge in [0.25, 0.3) is 11.8 Å². The molecule has 3 aromatic rings. The third-order valence-corrected chi connectivity index (χ3v) is 5.43. The van der Waals surface area contributed by atoms with Crippen LogP contribution >= 0.6 is 0 Å². The van der Waals surface area contributed by atoms with Crippen molar-refractivity contribution in [3.05, 3.63) is 82.8 Å². The highest BCUT2D eigenvalue weighted by Crippen LogP contribution is 2.32. The summed E-state index contributed by atoms with van der Waals surface area (Å²) in [6.07, 6.45) is 3.28.